The van der Waals surface area contributed by atoms with Crippen LogP contribution in [0.15, 0.2) is 42.6 Å². The van der Waals surface area contributed by atoms with Crippen LogP contribution in [0.4, 0.5) is 0 Å². The Bertz CT molecular complexity index is 852. The van der Waals surface area contributed by atoms with Gasteiger partial charge in [0.05, 0.1) is 5.52 Å². The van der Waals surface area contributed by atoms with Gasteiger partial charge in [-0.15, -0.1) is 5.10 Å². The van der Waals surface area contributed by atoms with Crippen molar-refractivity contribution in [3.63, 3.8) is 0 Å². The fourth-order valence-electron chi connectivity index (χ4n) is 2.10. The Morgan fingerprint density at radius 1 is 1.33 bits per heavy atom. The molecule has 2 aromatic heterocycles. The molecule has 0 saturated heterocycles. The van der Waals surface area contributed by atoms with Crippen molar-refractivity contribution in [2.75, 3.05) is 0 Å². The summed E-state index contributed by atoms with van der Waals surface area (Å²) in [5.74, 6) is -0.310. The predicted octanol–water partition coefficient (Wildman–Crippen LogP) is 2.22. The average molecular weight is 280 g/mol. The van der Waals surface area contributed by atoms with Gasteiger partial charge in [0, 0.05) is 12.3 Å². The van der Waals surface area contributed by atoms with E-state index < -0.39 is 5.97 Å². The van der Waals surface area contributed by atoms with Gasteiger partial charge in [0.1, 0.15) is 5.52 Å². The molecule has 0 radical (unpaired) electrons. The van der Waals surface area contributed by atoms with E-state index in [9.17, 15) is 4.79 Å². The van der Waals surface area contributed by atoms with E-state index in [1.165, 1.54) is 6.08 Å². The molecule has 0 fully saturated rings. The fraction of sp³-hybridized carbons (Fsp3) is 0.0667. The van der Waals surface area contributed by atoms with Gasteiger partial charge in [-0.2, -0.15) is 4.68 Å². The molecule has 3 rings (SSSR count). The molecule has 0 spiro atoms. The summed E-state index contributed by atoms with van der Waals surface area (Å²) in [4.78, 5) is 14.9. The number of aromatic nitrogens is 4. The zero-order valence-electron chi connectivity index (χ0n) is 11.3. The van der Waals surface area contributed by atoms with Gasteiger partial charge in [-0.3, -0.25) is 0 Å². The summed E-state index contributed by atoms with van der Waals surface area (Å²) in [7, 11) is 0. The number of carboxylic acids is 1. The van der Waals surface area contributed by atoms with Crippen molar-refractivity contribution < 1.29 is 9.90 Å². The first-order valence-electron chi connectivity index (χ1n) is 6.33. The number of hydrogen-bond acceptors (Lipinski definition) is 4. The van der Waals surface area contributed by atoms with E-state index in [0.29, 0.717) is 5.82 Å². The Balaban J connectivity index is 2.05. The fourth-order valence-corrected chi connectivity index (χ4v) is 2.10. The smallest absolute Gasteiger partial charge is 0.328 e. The maximum Gasteiger partial charge on any atom is 0.328 e. The first-order chi connectivity index (χ1) is 10.1. The Morgan fingerprint density at radius 3 is 2.90 bits per heavy atom. The first kappa shape index (κ1) is 13.0. The topological polar surface area (TPSA) is 80.9 Å². The van der Waals surface area contributed by atoms with Crippen molar-refractivity contribution in [1.82, 2.24) is 20.0 Å². The van der Waals surface area contributed by atoms with Crippen molar-refractivity contribution in [2.45, 2.75) is 6.92 Å². The third kappa shape index (κ3) is 2.51. The van der Waals surface area contributed by atoms with Crippen LogP contribution in [-0.2, 0) is 4.79 Å². The Morgan fingerprint density at radius 2 is 2.14 bits per heavy atom. The van der Waals surface area contributed by atoms with E-state index in [0.717, 1.165) is 28.2 Å². The second-order valence-electron chi connectivity index (χ2n) is 4.57. The first-order valence-corrected chi connectivity index (χ1v) is 6.33. The van der Waals surface area contributed by atoms with E-state index in [1.54, 1.807) is 10.9 Å². The molecular weight excluding hydrogens is 268 g/mol. The minimum Gasteiger partial charge on any atom is -0.478 e. The van der Waals surface area contributed by atoms with Crippen molar-refractivity contribution in [1.29, 1.82) is 0 Å². The summed E-state index contributed by atoms with van der Waals surface area (Å²) < 4.78 is 1.68. The van der Waals surface area contributed by atoms with E-state index in [4.69, 9.17) is 5.11 Å². The molecule has 0 aliphatic rings. The van der Waals surface area contributed by atoms with Crippen LogP contribution in [0.3, 0.4) is 0 Å². The van der Waals surface area contributed by atoms with E-state index in [-0.39, 0.29) is 0 Å². The van der Waals surface area contributed by atoms with Crippen LogP contribution in [0.25, 0.3) is 22.9 Å². The molecule has 0 unspecified atom stereocenters. The lowest BCUT2D eigenvalue weighted by Crippen LogP contribution is -2.02. The van der Waals surface area contributed by atoms with Gasteiger partial charge in [0.15, 0.2) is 5.82 Å². The number of rotatable bonds is 3. The van der Waals surface area contributed by atoms with E-state index in [1.807, 2.05) is 37.3 Å². The number of aliphatic carboxylic acids is 1. The molecule has 0 atom stereocenters. The SMILES string of the molecule is Cc1cc(/C=C/C(=O)O)cnc1-n1nnc2ccccc21. The largest absolute Gasteiger partial charge is 0.478 e. The van der Waals surface area contributed by atoms with Crippen molar-refractivity contribution in [3.8, 4) is 5.82 Å². The average Bonchev–Trinajstić information content (AvgIpc) is 2.89. The molecule has 0 aliphatic heterocycles. The molecular formula is C15H12N4O2. The van der Waals surface area contributed by atoms with Gasteiger partial charge in [-0.05, 0) is 42.3 Å². The molecule has 0 aliphatic carbocycles. The van der Waals surface area contributed by atoms with Crippen LogP contribution >= 0.6 is 0 Å². The number of carbonyl (C=O) groups is 1. The molecule has 21 heavy (non-hydrogen) atoms. The standard InChI is InChI=1S/C15H12N4O2/c1-10-8-11(6-7-14(20)21)9-16-15(10)19-13-5-3-2-4-12(13)17-18-19/h2-9H,1H3,(H,20,21)/b7-6+. The number of para-hydroxylation sites is 1. The van der Waals surface area contributed by atoms with E-state index in [2.05, 4.69) is 15.3 Å². The normalized spacial score (nSPS) is 11.3. The molecule has 1 aromatic carbocycles. The monoisotopic (exact) mass is 280 g/mol. The Hall–Kier alpha value is -3.02. The van der Waals surface area contributed by atoms with Crippen molar-refractivity contribution in [3.05, 3.63) is 53.7 Å². The number of fused-ring (bicyclic) bond motifs is 1. The molecule has 0 amide bonds. The van der Waals surface area contributed by atoms with Crippen LogP contribution in [-0.4, -0.2) is 31.1 Å². The van der Waals surface area contributed by atoms with Gasteiger partial charge in [-0.25, -0.2) is 9.78 Å². The highest BCUT2D eigenvalue weighted by Gasteiger charge is 2.09. The third-order valence-electron chi connectivity index (χ3n) is 3.04. The minimum atomic E-state index is -0.987. The molecule has 2 heterocycles. The molecule has 3 aromatic rings. The molecule has 0 bridgehead atoms. The zero-order chi connectivity index (χ0) is 14.8. The van der Waals surface area contributed by atoms with Gasteiger partial charge in [0.25, 0.3) is 0 Å². The second kappa shape index (κ2) is 5.16. The second-order valence-corrected chi connectivity index (χ2v) is 4.57. The van der Waals surface area contributed by atoms with Crippen LogP contribution in [0.1, 0.15) is 11.1 Å². The third-order valence-corrected chi connectivity index (χ3v) is 3.04. The lowest BCUT2D eigenvalue weighted by molar-refractivity contribution is -0.131. The quantitative estimate of drug-likeness (QED) is 0.744. The Labute approximate surface area is 120 Å². The van der Waals surface area contributed by atoms with Gasteiger partial charge in [0.2, 0.25) is 0 Å². The van der Waals surface area contributed by atoms with Gasteiger partial charge in [-0.1, -0.05) is 17.3 Å². The van der Waals surface area contributed by atoms with Crippen LogP contribution in [0.5, 0.6) is 0 Å². The number of pyridine rings is 1. The predicted molar refractivity (Wildman–Crippen MR) is 78.1 cm³/mol. The number of nitrogens with zero attached hydrogens (tertiary/aromatic N) is 4. The van der Waals surface area contributed by atoms with Crippen LogP contribution in [0.2, 0.25) is 0 Å². The molecule has 104 valence electrons. The summed E-state index contributed by atoms with van der Waals surface area (Å²) in [6, 6.07) is 9.49. The van der Waals surface area contributed by atoms with E-state index >= 15 is 0 Å². The van der Waals surface area contributed by atoms with Gasteiger partial charge < -0.3 is 5.11 Å². The summed E-state index contributed by atoms with van der Waals surface area (Å²) in [6.07, 6.45) is 4.20. The number of benzene rings is 1. The van der Waals surface area contributed by atoms with Crippen molar-refractivity contribution >= 4 is 23.1 Å². The molecule has 1 N–H and O–H groups in total. The summed E-state index contributed by atoms with van der Waals surface area (Å²) in [6.45, 7) is 1.90. The number of aryl methyl sites for hydroxylation is 1. The molecule has 6 nitrogen and oxygen atoms in total. The maximum absolute atomic E-state index is 10.5. The summed E-state index contributed by atoms with van der Waals surface area (Å²) in [5.41, 5.74) is 3.29. The Kier molecular flexibility index (Phi) is 3.19. The lowest BCUT2D eigenvalue weighted by atomic mass is 10.2. The molecule has 6 heteroatoms. The van der Waals surface area contributed by atoms with Gasteiger partial charge >= 0.3 is 5.97 Å². The maximum atomic E-state index is 10.5. The number of carboxylic acid groups (broad SMARTS) is 1. The highest BCUT2D eigenvalue weighted by Crippen LogP contribution is 2.18. The summed E-state index contributed by atoms with van der Waals surface area (Å²) >= 11 is 0. The van der Waals surface area contributed by atoms with Crippen LogP contribution in [0, 0.1) is 6.92 Å². The minimum absolute atomic E-state index is 0.677. The highest BCUT2D eigenvalue weighted by atomic mass is 16.4. The number of hydrogen-bond donors (Lipinski definition) is 1. The lowest BCUT2D eigenvalue weighted by Gasteiger charge is -2.06. The molecule has 0 saturated carbocycles. The summed E-state index contributed by atoms with van der Waals surface area (Å²) in [5, 5.41) is 16.9. The highest BCUT2D eigenvalue weighted by molar-refractivity contribution is 5.85. The van der Waals surface area contributed by atoms with Crippen LogP contribution < -0.4 is 0 Å². The zero-order valence-corrected chi connectivity index (χ0v) is 11.3. The van der Waals surface area contributed by atoms with Crippen molar-refractivity contribution in [2.24, 2.45) is 0 Å².